The van der Waals surface area contributed by atoms with Crippen LogP contribution < -0.4 is 11.3 Å². The summed E-state index contributed by atoms with van der Waals surface area (Å²) in [5.41, 5.74) is 4.40. The molecule has 4 aliphatic carbocycles. The summed E-state index contributed by atoms with van der Waals surface area (Å²) in [7, 11) is 0. The summed E-state index contributed by atoms with van der Waals surface area (Å²) in [6.45, 7) is 7.21. The van der Waals surface area contributed by atoms with Gasteiger partial charge in [0.2, 0.25) is 0 Å². The molecule has 0 spiro atoms. The fraction of sp³-hybridized carbons (Fsp3) is 1.00. The maximum absolute atomic E-state index is 5.97. The molecule has 3 unspecified atom stereocenters. The van der Waals surface area contributed by atoms with Crippen molar-refractivity contribution in [2.75, 3.05) is 0 Å². The van der Waals surface area contributed by atoms with Crippen LogP contribution >= 0.6 is 0 Å². The van der Waals surface area contributed by atoms with E-state index < -0.39 is 0 Å². The molecule has 0 heterocycles. The van der Waals surface area contributed by atoms with E-state index in [2.05, 4.69) is 26.2 Å². The first-order valence-electron chi connectivity index (χ1n) is 8.41. The van der Waals surface area contributed by atoms with Crippen molar-refractivity contribution < 1.29 is 0 Å². The monoisotopic (exact) mass is 264 g/mol. The van der Waals surface area contributed by atoms with Crippen molar-refractivity contribution in [1.82, 2.24) is 5.43 Å². The van der Waals surface area contributed by atoms with E-state index in [1.54, 1.807) is 0 Å². The van der Waals surface area contributed by atoms with Gasteiger partial charge < -0.3 is 0 Å². The van der Waals surface area contributed by atoms with Crippen LogP contribution in [0.4, 0.5) is 0 Å². The number of nitrogens with two attached hydrogens (primary N) is 1. The van der Waals surface area contributed by atoms with Gasteiger partial charge in [-0.2, -0.15) is 0 Å². The molecule has 19 heavy (non-hydrogen) atoms. The predicted molar refractivity (Wildman–Crippen MR) is 80.4 cm³/mol. The van der Waals surface area contributed by atoms with E-state index in [1.807, 2.05) is 0 Å². The third-order valence-electron chi connectivity index (χ3n) is 6.37. The molecule has 0 saturated heterocycles. The van der Waals surface area contributed by atoms with Gasteiger partial charge in [0.25, 0.3) is 0 Å². The average Bonchev–Trinajstić information content (AvgIpc) is 2.25. The summed E-state index contributed by atoms with van der Waals surface area (Å²) in [6, 6.07) is 0.556. The zero-order valence-corrected chi connectivity index (χ0v) is 13.0. The normalized spacial score (nSPS) is 45.9. The van der Waals surface area contributed by atoms with E-state index in [1.165, 1.54) is 51.4 Å². The molecule has 0 aromatic heterocycles. The van der Waals surface area contributed by atoms with Crippen LogP contribution in [0.2, 0.25) is 0 Å². The topological polar surface area (TPSA) is 38.0 Å². The molecule has 0 radical (unpaired) electrons. The van der Waals surface area contributed by atoms with Gasteiger partial charge in [0, 0.05) is 6.04 Å². The lowest BCUT2D eigenvalue weighted by Crippen LogP contribution is -2.59. The number of rotatable bonds is 5. The van der Waals surface area contributed by atoms with Gasteiger partial charge in [-0.15, -0.1) is 0 Å². The molecule has 4 aliphatic rings. The van der Waals surface area contributed by atoms with Crippen LogP contribution in [0, 0.1) is 28.6 Å². The van der Waals surface area contributed by atoms with Gasteiger partial charge in [-0.05, 0) is 80.0 Å². The fourth-order valence-electron chi connectivity index (χ4n) is 6.27. The zero-order chi connectivity index (χ0) is 13.7. The first kappa shape index (κ1) is 13.9. The zero-order valence-electron chi connectivity index (χ0n) is 13.0. The first-order chi connectivity index (χ1) is 8.95. The maximum Gasteiger partial charge on any atom is 0.0267 e. The smallest absolute Gasteiger partial charge is 0.0267 e. The summed E-state index contributed by atoms with van der Waals surface area (Å²) in [4.78, 5) is 0. The van der Waals surface area contributed by atoms with Crippen LogP contribution in [-0.4, -0.2) is 6.04 Å². The van der Waals surface area contributed by atoms with Crippen molar-refractivity contribution in [3.05, 3.63) is 0 Å². The van der Waals surface area contributed by atoms with Gasteiger partial charge in [-0.3, -0.25) is 11.3 Å². The molecule has 3 N–H and O–H groups in total. The number of nitrogens with one attached hydrogen (secondary N) is 1. The third kappa shape index (κ3) is 2.47. The van der Waals surface area contributed by atoms with E-state index in [-0.39, 0.29) is 0 Å². The number of hydrogen-bond donors (Lipinski definition) is 2. The van der Waals surface area contributed by atoms with Crippen LogP contribution in [0.15, 0.2) is 0 Å². The Balaban J connectivity index is 1.77. The highest BCUT2D eigenvalue weighted by Gasteiger charge is 2.57. The van der Waals surface area contributed by atoms with Crippen LogP contribution in [0.5, 0.6) is 0 Å². The second-order valence-corrected chi connectivity index (χ2v) is 8.82. The van der Waals surface area contributed by atoms with Crippen molar-refractivity contribution in [2.45, 2.75) is 78.2 Å². The summed E-state index contributed by atoms with van der Waals surface area (Å²) >= 11 is 0. The summed E-state index contributed by atoms with van der Waals surface area (Å²) < 4.78 is 0. The summed E-state index contributed by atoms with van der Waals surface area (Å²) in [5, 5.41) is 0. The molecular formula is C17H32N2. The van der Waals surface area contributed by atoms with Gasteiger partial charge in [-0.25, -0.2) is 0 Å². The highest BCUT2D eigenvalue weighted by Crippen LogP contribution is 2.66. The molecule has 0 aromatic carbocycles. The van der Waals surface area contributed by atoms with Crippen molar-refractivity contribution in [2.24, 2.45) is 34.4 Å². The molecule has 2 heteroatoms. The van der Waals surface area contributed by atoms with Crippen LogP contribution in [0.3, 0.4) is 0 Å². The van der Waals surface area contributed by atoms with Crippen LogP contribution in [-0.2, 0) is 0 Å². The van der Waals surface area contributed by atoms with Crippen molar-refractivity contribution in [3.8, 4) is 0 Å². The van der Waals surface area contributed by atoms with E-state index in [0.29, 0.717) is 16.9 Å². The molecular weight excluding hydrogens is 232 g/mol. The minimum atomic E-state index is 0.530. The second-order valence-electron chi connectivity index (χ2n) is 8.82. The molecule has 4 saturated carbocycles. The van der Waals surface area contributed by atoms with E-state index >= 15 is 0 Å². The Morgan fingerprint density at radius 3 is 2.21 bits per heavy atom. The first-order valence-corrected chi connectivity index (χ1v) is 8.41. The van der Waals surface area contributed by atoms with Gasteiger partial charge >= 0.3 is 0 Å². The Morgan fingerprint density at radius 2 is 1.74 bits per heavy atom. The molecule has 0 aliphatic heterocycles. The van der Waals surface area contributed by atoms with E-state index in [9.17, 15) is 0 Å². The second kappa shape index (κ2) is 4.73. The minimum Gasteiger partial charge on any atom is -0.271 e. The molecule has 2 nitrogen and oxygen atoms in total. The van der Waals surface area contributed by atoms with Crippen LogP contribution in [0.25, 0.3) is 0 Å². The quantitative estimate of drug-likeness (QED) is 0.584. The van der Waals surface area contributed by atoms with Crippen molar-refractivity contribution >= 4 is 0 Å². The average molecular weight is 264 g/mol. The van der Waals surface area contributed by atoms with E-state index in [0.717, 1.165) is 17.8 Å². The number of hydrogen-bond acceptors (Lipinski definition) is 2. The summed E-state index contributed by atoms with van der Waals surface area (Å²) in [5.74, 6) is 8.77. The lowest BCUT2D eigenvalue weighted by molar-refractivity contribution is -0.119. The van der Waals surface area contributed by atoms with E-state index in [4.69, 9.17) is 5.84 Å². The predicted octanol–water partition coefficient (Wildman–Crippen LogP) is 3.86. The Morgan fingerprint density at radius 1 is 1.11 bits per heavy atom. The van der Waals surface area contributed by atoms with Gasteiger partial charge in [-0.1, -0.05) is 20.8 Å². The Labute approximate surface area is 118 Å². The molecule has 0 amide bonds. The molecule has 110 valence electrons. The van der Waals surface area contributed by atoms with Crippen LogP contribution in [0.1, 0.15) is 72.1 Å². The third-order valence-corrected chi connectivity index (χ3v) is 6.37. The summed E-state index contributed by atoms with van der Waals surface area (Å²) in [6.07, 6.45) is 11.4. The number of hydrazine groups is 1. The Kier molecular flexibility index (Phi) is 3.46. The largest absolute Gasteiger partial charge is 0.271 e. The van der Waals surface area contributed by atoms with Crippen molar-refractivity contribution in [3.63, 3.8) is 0 Å². The highest BCUT2D eigenvalue weighted by molar-refractivity contribution is 5.09. The minimum absolute atomic E-state index is 0.530. The maximum atomic E-state index is 5.97. The Bertz CT molecular complexity index is 322. The van der Waals surface area contributed by atoms with Gasteiger partial charge in [0.05, 0.1) is 0 Å². The fourth-order valence-corrected chi connectivity index (χ4v) is 6.27. The lowest BCUT2D eigenvalue weighted by Gasteiger charge is -2.63. The lowest BCUT2D eigenvalue weighted by atomic mass is 9.43. The van der Waals surface area contributed by atoms with Gasteiger partial charge in [0.15, 0.2) is 0 Å². The molecule has 3 atom stereocenters. The van der Waals surface area contributed by atoms with Crippen molar-refractivity contribution in [1.29, 1.82) is 0 Å². The molecule has 4 bridgehead atoms. The SMILES string of the molecule is CC(C)CCC(NN)C12CC3CC(CC(C)(C3)C1)C2. The Hall–Kier alpha value is -0.0800. The standard InChI is InChI=1S/C17H32N2/c1-12(2)4-5-15(19-18)17-9-13-6-14(10-17)8-16(3,7-13)11-17/h12-15,19H,4-11,18H2,1-3H3. The van der Waals surface area contributed by atoms with Gasteiger partial charge in [0.1, 0.15) is 0 Å². The highest BCUT2D eigenvalue weighted by atomic mass is 15.2. The molecule has 4 rings (SSSR count). The molecule has 4 fully saturated rings. The molecule has 0 aromatic rings.